The summed E-state index contributed by atoms with van der Waals surface area (Å²) in [5.41, 5.74) is 0. The van der Waals surface area contributed by atoms with Gasteiger partial charge in [0.15, 0.2) is 6.10 Å². The molecule has 1 unspecified atom stereocenters. The Morgan fingerprint density at radius 2 is 0.569 bits per heavy atom. The number of carbonyl (C=O) groups is 3. The van der Waals surface area contributed by atoms with Crippen LogP contribution >= 0.6 is 0 Å². The van der Waals surface area contributed by atoms with Gasteiger partial charge in [0, 0.05) is 19.3 Å². The predicted molar refractivity (Wildman–Crippen MR) is 247 cm³/mol. The van der Waals surface area contributed by atoms with Crippen molar-refractivity contribution in [2.45, 2.75) is 290 Å². The summed E-state index contributed by atoms with van der Waals surface area (Å²) >= 11 is 0. The molecule has 0 saturated heterocycles. The second kappa shape index (κ2) is 47.8. The third kappa shape index (κ3) is 45.2. The van der Waals surface area contributed by atoms with Crippen LogP contribution in [0.1, 0.15) is 284 Å². The van der Waals surface area contributed by atoms with Crippen molar-refractivity contribution in [3.05, 3.63) is 12.2 Å². The monoisotopic (exact) mass is 819 g/mol. The fourth-order valence-corrected chi connectivity index (χ4v) is 7.61. The maximum atomic E-state index is 12.7. The normalized spacial score (nSPS) is 12.0. The molecule has 0 spiro atoms. The zero-order chi connectivity index (χ0) is 42.3. The van der Waals surface area contributed by atoms with E-state index in [9.17, 15) is 14.4 Å². The number of ether oxygens (including phenoxy) is 3. The van der Waals surface area contributed by atoms with Crippen molar-refractivity contribution in [2.24, 2.45) is 0 Å². The Morgan fingerprint density at radius 1 is 0.328 bits per heavy atom. The Morgan fingerprint density at radius 3 is 0.862 bits per heavy atom. The minimum absolute atomic E-state index is 0.0691. The topological polar surface area (TPSA) is 78.9 Å². The van der Waals surface area contributed by atoms with Gasteiger partial charge in [0.1, 0.15) is 13.2 Å². The maximum absolute atomic E-state index is 12.7. The highest BCUT2D eigenvalue weighted by molar-refractivity contribution is 5.71. The lowest BCUT2D eigenvalue weighted by molar-refractivity contribution is -0.167. The van der Waals surface area contributed by atoms with Crippen molar-refractivity contribution in [3.8, 4) is 0 Å². The average Bonchev–Trinajstić information content (AvgIpc) is 3.22. The molecule has 0 rings (SSSR count). The standard InChI is InChI=1S/C52H98O6/c1-4-7-10-13-16-18-20-22-24-25-26-27-28-29-31-32-34-36-39-42-45-51(54)57-48-49(47-56-50(53)44-41-38-15-12-9-6-3)58-52(55)46-43-40-37-35-33-30-23-21-19-17-14-11-8-5-2/h21,23,49H,4-20,22,24-48H2,1-3H3/b23-21-. The van der Waals surface area contributed by atoms with Crippen molar-refractivity contribution in [2.75, 3.05) is 13.2 Å². The molecule has 0 aromatic carbocycles. The molecule has 0 fully saturated rings. The number of hydrogen-bond acceptors (Lipinski definition) is 6. The molecule has 0 aliphatic heterocycles. The molecule has 6 nitrogen and oxygen atoms in total. The van der Waals surface area contributed by atoms with E-state index in [1.54, 1.807) is 0 Å². The number of unbranched alkanes of at least 4 members (excludes halogenated alkanes) is 34. The Labute approximate surface area is 360 Å². The van der Waals surface area contributed by atoms with Crippen LogP contribution in [0, 0.1) is 0 Å². The van der Waals surface area contributed by atoms with E-state index >= 15 is 0 Å². The molecule has 1 atom stereocenters. The van der Waals surface area contributed by atoms with Gasteiger partial charge in [-0.2, -0.15) is 0 Å². The van der Waals surface area contributed by atoms with Crippen LogP contribution in [-0.4, -0.2) is 37.2 Å². The van der Waals surface area contributed by atoms with Crippen LogP contribution in [0.4, 0.5) is 0 Å². The highest BCUT2D eigenvalue weighted by atomic mass is 16.6. The zero-order valence-electron chi connectivity index (χ0n) is 39.1. The molecule has 0 aromatic heterocycles. The number of carbonyl (C=O) groups excluding carboxylic acids is 3. The third-order valence-electron chi connectivity index (χ3n) is 11.5. The van der Waals surface area contributed by atoms with Crippen molar-refractivity contribution < 1.29 is 28.6 Å². The largest absolute Gasteiger partial charge is 0.462 e. The molecule has 0 heterocycles. The van der Waals surface area contributed by atoms with E-state index in [2.05, 4.69) is 32.9 Å². The van der Waals surface area contributed by atoms with Crippen LogP contribution in [0.15, 0.2) is 12.2 Å². The summed E-state index contributed by atoms with van der Waals surface area (Å²) in [4.78, 5) is 37.7. The highest BCUT2D eigenvalue weighted by Crippen LogP contribution is 2.16. The Hall–Kier alpha value is -1.85. The summed E-state index contributed by atoms with van der Waals surface area (Å²) in [5.74, 6) is -0.873. The van der Waals surface area contributed by atoms with Gasteiger partial charge in [-0.25, -0.2) is 0 Å². The predicted octanol–water partition coefficient (Wildman–Crippen LogP) is 16.6. The Kier molecular flexibility index (Phi) is 46.3. The van der Waals surface area contributed by atoms with Gasteiger partial charge in [0.25, 0.3) is 0 Å². The molecule has 0 aliphatic carbocycles. The maximum Gasteiger partial charge on any atom is 0.306 e. The molecule has 0 amide bonds. The van der Waals surface area contributed by atoms with Crippen LogP contribution in [0.5, 0.6) is 0 Å². The summed E-state index contributed by atoms with van der Waals surface area (Å²) in [6.45, 7) is 6.60. The zero-order valence-corrected chi connectivity index (χ0v) is 39.1. The lowest BCUT2D eigenvalue weighted by Gasteiger charge is -2.18. The molecular formula is C52H98O6. The minimum atomic E-state index is -0.765. The number of esters is 3. The SMILES string of the molecule is CCCCCCC/C=C\CCCCCCCC(=O)OC(COC(=O)CCCCCCCC)COC(=O)CCCCCCCCCCCCCCCCCCCCCC. The average molecular weight is 819 g/mol. The minimum Gasteiger partial charge on any atom is -0.462 e. The van der Waals surface area contributed by atoms with Gasteiger partial charge in [-0.15, -0.1) is 0 Å². The molecule has 0 N–H and O–H groups in total. The first-order chi connectivity index (χ1) is 28.5. The van der Waals surface area contributed by atoms with Gasteiger partial charge in [0.05, 0.1) is 0 Å². The van der Waals surface area contributed by atoms with E-state index in [0.29, 0.717) is 19.3 Å². The van der Waals surface area contributed by atoms with Crippen LogP contribution in [0.3, 0.4) is 0 Å². The van der Waals surface area contributed by atoms with Crippen LogP contribution in [0.2, 0.25) is 0 Å². The number of rotatable bonds is 47. The first-order valence-electron chi connectivity index (χ1n) is 25.7. The third-order valence-corrected chi connectivity index (χ3v) is 11.5. The molecule has 0 bridgehead atoms. The number of allylic oxidation sites excluding steroid dienone is 2. The molecular weight excluding hydrogens is 721 g/mol. The van der Waals surface area contributed by atoms with Gasteiger partial charge < -0.3 is 14.2 Å². The van der Waals surface area contributed by atoms with E-state index in [0.717, 1.165) is 64.2 Å². The second-order valence-corrected chi connectivity index (χ2v) is 17.4. The van der Waals surface area contributed by atoms with Crippen LogP contribution < -0.4 is 0 Å². The molecule has 0 saturated carbocycles. The van der Waals surface area contributed by atoms with Gasteiger partial charge in [-0.1, -0.05) is 232 Å². The molecule has 0 radical (unpaired) electrons. The van der Waals surface area contributed by atoms with E-state index in [-0.39, 0.29) is 31.1 Å². The molecule has 342 valence electrons. The van der Waals surface area contributed by atoms with E-state index in [4.69, 9.17) is 14.2 Å². The molecule has 0 aromatic rings. The van der Waals surface area contributed by atoms with Crippen molar-refractivity contribution in [3.63, 3.8) is 0 Å². The van der Waals surface area contributed by atoms with Gasteiger partial charge in [0.2, 0.25) is 0 Å². The highest BCUT2D eigenvalue weighted by Gasteiger charge is 2.19. The quantitative estimate of drug-likeness (QED) is 0.0263. The molecule has 58 heavy (non-hydrogen) atoms. The number of hydrogen-bond donors (Lipinski definition) is 0. The first kappa shape index (κ1) is 56.1. The molecule has 0 aliphatic rings. The summed E-state index contributed by atoms with van der Waals surface area (Å²) < 4.78 is 16.7. The van der Waals surface area contributed by atoms with E-state index < -0.39 is 6.10 Å². The first-order valence-corrected chi connectivity index (χ1v) is 25.7. The van der Waals surface area contributed by atoms with Crippen LogP contribution in [-0.2, 0) is 28.6 Å². The molecule has 6 heteroatoms. The summed E-state index contributed by atoms with van der Waals surface area (Å²) in [6, 6.07) is 0. The van der Waals surface area contributed by atoms with E-state index in [1.165, 1.54) is 180 Å². The second-order valence-electron chi connectivity index (χ2n) is 17.4. The summed E-state index contributed by atoms with van der Waals surface area (Å²) in [6.07, 6.45) is 52.2. The lowest BCUT2D eigenvalue weighted by Crippen LogP contribution is -2.30. The van der Waals surface area contributed by atoms with Crippen molar-refractivity contribution in [1.82, 2.24) is 0 Å². The smallest absolute Gasteiger partial charge is 0.306 e. The fraction of sp³-hybridized carbons (Fsp3) is 0.904. The fourth-order valence-electron chi connectivity index (χ4n) is 7.61. The van der Waals surface area contributed by atoms with E-state index in [1.807, 2.05) is 0 Å². The lowest BCUT2D eigenvalue weighted by atomic mass is 10.0. The van der Waals surface area contributed by atoms with Gasteiger partial charge in [-0.3, -0.25) is 14.4 Å². The summed E-state index contributed by atoms with van der Waals surface area (Å²) in [5, 5.41) is 0. The van der Waals surface area contributed by atoms with Gasteiger partial charge in [-0.05, 0) is 44.9 Å². The summed E-state index contributed by atoms with van der Waals surface area (Å²) in [7, 11) is 0. The van der Waals surface area contributed by atoms with Crippen molar-refractivity contribution >= 4 is 17.9 Å². The van der Waals surface area contributed by atoms with Crippen molar-refractivity contribution in [1.29, 1.82) is 0 Å². The van der Waals surface area contributed by atoms with Crippen LogP contribution in [0.25, 0.3) is 0 Å². The Balaban J connectivity index is 4.14. The van der Waals surface area contributed by atoms with Gasteiger partial charge >= 0.3 is 17.9 Å². The Bertz CT molecular complexity index is 900.